The molecule has 5 heteroatoms. The Hall–Kier alpha value is -2.58. The normalized spacial score (nSPS) is 10.7. The smallest absolute Gasteiger partial charge is 0.251 e. The first-order valence-electron chi connectivity index (χ1n) is 6.65. The number of amides is 1. The van der Waals surface area contributed by atoms with Gasteiger partial charge in [-0.15, -0.1) is 6.42 Å². The molecule has 0 spiro atoms. The van der Waals surface area contributed by atoms with Crippen LogP contribution in [0.4, 0.5) is 0 Å². The molecule has 2 aromatic carbocycles. The molecule has 0 heterocycles. The summed E-state index contributed by atoms with van der Waals surface area (Å²) in [7, 11) is -3.40. The Labute approximate surface area is 130 Å². The maximum atomic E-state index is 12.1. The summed E-state index contributed by atoms with van der Waals surface area (Å²) in [5.41, 5.74) is 1.01. The summed E-state index contributed by atoms with van der Waals surface area (Å²) in [6.07, 6.45) is 5.28. The first-order valence-corrected chi connectivity index (χ1v) is 8.31. The van der Waals surface area contributed by atoms with Crippen molar-refractivity contribution in [2.24, 2.45) is 0 Å². The summed E-state index contributed by atoms with van der Waals surface area (Å²) in [6.45, 7) is 0.0380. The molecule has 22 heavy (non-hydrogen) atoms. The van der Waals surface area contributed by atoms with E-state index in [0.717, 1.165) is 0 Å². The van der Waals surface area contributed by atoms with E-state index in [2.05, 4.69) is 11.2 Å². The summed E-state index contributed by atoms with van der Waals surface area (Å²) in [5.74, 6) is 1.95. The highest BCUT2D eigenvalue weighted by Gasteiger charge is 2.14. The monoisotopic (exact) mass is 313 g/mol. The van der Waals surface area contributed by atoms with Crippen molar-refractivity contribution >= 4 is 15.7 Å². The fourth-order valence-corrected chi connectivity index (χ4v) is 3.08. The SMILES string of the molecule is C#Cc1cccc(C(=O)NCCS(=O)(=O)c2ccccc2)c1. The topological polar surface area (TPSA) is 63.2 Å². The summed E-state index contributed by atoms with van der Waals surface area (Å²) < 4.78 is 24.1. The van der Waals surface area contributed by atoms with Crippen molar-refractivity contribution in [3.05, 3.63) is 65.7 Å². The molecule has 0 atom stereocenters. The second-order valence-electron chi connectivity index (χ2n) is 4.61. The van der Waals surface area contributed by atoms with Gasteiger partial charge >= 0.3 is 0 Å². The Kier molecular flexibility index (Phi) is 4.97. The number of terminal acetylenes is 1. The van der Waals surface area contributed by atoms with Crippen molar-refractivity contribution in [2.45, 2.75) is 4.90 Å². The van der Waals surface area contributed by atoms with E-state index in [-0.39, 0.29) is 23.1 Å². The highest BCUT2D eigenvalue weighted by Crippen LogP contribution is 2.09. The van der Waals surface area contributed by atoms with Crippen molar-refractivity contribution in [3.63, 3.8) is 0 Å². The van der Waals surface area contributed by atoms with E-state index in [9.17, 15) is 13.2 Å². The molecule has 0 aliphatic rings. The highest BCUT2D eigenvalue weighted by atomic mass is 32.2. The maximum absolute atomic E-state index is 12.1. The molecular weight excluding hydrogens is 298 g/mol. The fourth-order valence-electron chi connectivity index (χ4n) is 1.90. The van der Waals surface area contributed by atoms with E-state index in [0.29, 0.717) is 11.1 Å². The average Bonchev–Trinajstić information content (AvgIpc) is 2.55. The van der Waals surface area contributed by atoms with Gasteiger partial charge < -0.3 is 5.32 Å². The molecule has 0 saturated heterocycles. The molecule has 0 unspecified atom stereocenters. The molecule has 1 N–H and O–H groups in total. The van der Waals surface area contributed by atoms with Crippen molar-refractivity contribution in [1.82, 2.24) is 5.32 Å². The zero-order chi connectivity index (χ0) is 16.0. The van der Waals surface area contributed by atoms with Crippen LogP contribution >= 0.6 is 0 Å². The first-order chi connectivity index (χ1) is 10.5. The summed E-state index contributed by atoms with van der Waals surface area (Å²) in [5, 5.41) is 2.59. The number of rotatable bonds is 5. The van der Waals surface area contributed by atoms with Gasteiger partial charge in [0.2, 0.25) is 0 Å². The van der Waals surface area contributed by atoms with Crippen LogP contribution in [0.15, 0.2) is 59.5 Å². The van der Waals surface area contributed by atoms with Crippen LogP contribution in [0.5, 0.6) is 0 Å². The second-order valence-corrected chi connectivity index (χ2v) is 6.72. The van der Waals surface area contributed by atoms with Gasteiger partial charge in [0.05, 0.1) is 10.6 Å². The van der Waals surface area contributed by atoms with E-state index in [1.165, 1.54) is 12.1 Å². The summed E-state index contributed by atoms with van der Waals surface area (Å²) in [4.78, 5) is 12.2. The predicted molar refractivity (Wildman–Crippen MR) is 85.2 cm³/mol. The molecule has 0 aromatic heterocycles. The van der Waals surface area contributed by atoms with Gasteiger partial charge in [-0.1, -0.05) is 30.2 Å². The van der Waals surface area contributed by atoms with Crippen molar-refractivity contribution < 1.29 is 13.2 Å². The summed E-state index contributed by atoms with van der Waals surface area (Å²) in [6, 6.07) is 14.8. The minimum Gasteiger partial charge on any atom is -0.351 e. The van der Waals surface area contributed by atoms with Gasteiger partial charge in [-0.2, -0.15) is 0 Å². The van der Waals surface area contributed by atoms with Crippen LogP contribution in [0, 0.1) is 12.3 Å². The van der Waals surface area contributed by atoms with Crippen LogP contribution in [0.25, 0.3) is 0 Å². The third-order valence-electron chi connectivity index (χ3n) is 3.05. The van der Waals surface area contributed by atoms with Crippen molar-refractivity contribution in [3.8, 4) is 12.3 Å². The molecule has 4 nitrogen and oxygen atoms in total. The maximum Gasteiger partial charge on any atom is 0.251 e. The number of carbonyl (C=O) groups excluding carboxylic acids is 1. The standard InChI is InChI=1S/C17H15NO3S/c1-2-14-7-6-8-15(13-14)17(19)18-11-12-22(20,21)16-9-4-3-5-10-16/h1,3-10,13H,11-12H2,(H,18,19). The molecule has 1 amide bonds. The van der Waals surface area contributed by atoms with Crippen LogP contribution in [0.2, 0.25) is 0 Å². The van der Waals surface area contributed by atoms with Crippen LogP contribution in [0.3, 0.4) is 0 Å². The number of benzene rings is 2. The van der Waals surface area contributed by atoms with Crippen LogP contribution < -0.4 is 5.32 Å². The Bertz CT molecular complexity index is 805. The number of carbonyl (C=O) groups is 1. The lowest BCUT2D eigenvalue weighted by atomic mass is 10.1. The van der Waals surface area contributed by atoms with Crippen molar-refractivity contribution in [2.75, 3.05) is 12.3 Å². The van der Waals surface area contributed by atoms with Gasteiger partial charge in [0.25, 0.3) is 5.91 Å². The number of sulfone groups is 1. The lowest BCUT2D eigenvalue weighted by Gasteiger charge is -2.07. The molecule has 0 saturated carbocycles. The largest absolute Gasteiger partial charge is 0.351 e. The van der Waals surface area contributed by atoms with E-state index in [1.807, 2.05) is 0 Å². The molecule has 0 aliphatic heterocycles. The van der Waals surface area contributed by atoms with Gasteiger partial charge in [0.15, 0.2) is 9.84 Å². The fraction of sp³-hybridized carbons (Fsp3) is 0.118. The van der Waals surface area contributed by atoms with Gasteiger partial charge in [-0.05, 0) is 30.3 Å². The molecule has 0 radical (unpaired) electrons. The third-order valence-corrected chi connectivity index (χ3v) is 4.78. The Morgan fingerprint density at radius 2 is 1.82 bits per heavy atom. The van der Waals surface area contributed by atoms with Crippen LogP contribution in [-0.4, -0.2) is 26.6 Å². The molecule has 2 aromatic rings. The van der Waals surface area contributed by atoms with E-state index in [1.54, 1.807) is 42.5 Å². The minimum absolute atomic E-state index is 0.0380. The van der Waals surface area contributed by atoms with Crippen LogP contribution in [-0.2, 0) is 9.84 Å². The summed E-state index contributed by atoms with van der Waals surface area (Å²) >= 11 is 0. The number of hydrogen-bond acceptors (Lipinski definition) is 3. The molecule has 0 aliphatic carbocycles. The average molecular weight is 313 g/mol. The van der Waals surface area contributed by atoms with E-state index < -0.39 is 9.84 Å². The van der Waals surface area contributed by atoms with Gasteiger partial charge in [-0.25, -0.2) is 8.42 Å². The van der Waals surface area contributed by atoms with E-state index >= 15 is 0 Å². The molecule has 112 valence electrons. The van der Waals surface area contributed by atoms with Crippen LogP contribution in [0.1, 0.15) is 15.9 Å². The third kappa shape index (κ3) is 3.96. The predicted octanol–water partition coefficient (Wildman–Crippen LogP) is 1.87. The molecule has 2 rings (SSSR count). The zero-order valence-electron chi connectivity index (χ0n) is 11.8. The Morgan fingerprint density at radius 1 is 1.09 bits per heavy atom. The Balaban J connectivity index is 1.96. The molecule has 0 fully saturated rings. The molecule has 0 bridgehead atoms. The lowest BCUT2D eigenvalue weighted by Crippen LogP contribution is -2.29. The quantitative estimate of drug-likeness (QED) is 0.857. The number of nitrogens with one attached hydrogen (secondary N) is 1. The van der Waals surface area contributed by atoms with Gasteiger partial charge in [-0.3, -0.25) is 4.79 Å². The highest BCUT2D eigenvalue weighted by molar-refractivity contribution is 7.91. The molecular formula is C17H15NO3S. The van der Waals surface area contributed by atoms with Gasteiger partial charge in [0, 0.05) is 17.7 Å². The zero-order valence-corrected chi connectivity index (χ0v) is 12.6. The second kappa shape index (κ2) is 6.92. The number of hydrogen-bond donors (Lipinski definition) is 1. The minimum atomic E-state index is -3.40. The Morgan fingerprint density at radius 3 is 2.50 bits per heavy atom. The van der Waals surface area contributed by atoms with E-state index in [4.69, 9.17) is 6.42 Å². The van der Waals surface area contributed by atoms with Crippen molar-refractivity contribution in [1.29, 1.82) is 0 Å². The van der Waals surface area contributed by atoms with Gasteiger partial charge in [0.1, 0.15) is 0 Å². The lowest BCUT2D eigenvalue weighted by molar-refractivity contribution is 0.0956. The first kappa shape index (κ1) is 15.8.